The van der Waals surface area contributed by atoms with Gasteiger partial charge in [-0.2, -0.15) is 0 Å². The van der Waals surface area contributed by atoms with Gasteiger partial charge in [0.2, 0.25) is 0 Å². The molecule has 18 heavy (non-hydrogen) atoms. The summed E-state index contributed by atoms with van der Waals surface area (Å²) in [7, 11) is 0. The van der Waals surface area contributed by atoms with Crippen LogP contribution in [-0.2, 0) is 0 Å². The third kappa shape index (κ3) is 1.83. The van der Waals surface area contributed by atoms with Crippen LogP contribution in [0.4, 0.5) is 4.39 Å². The van der Waals surface area contributed by atoms with E-state index in [1.165, 1.54) is 0 Å². The molecule has 0 spiro atoms. The number of hydrogen-bond acceptors (Lipinski definition) is 3. The van der Waals surface area contributed by atoms with E-state index in [0.717, 1.165) is 5.39 Å². The van der Waals surface area contributed by atoms with E-state index >= 15 is 0 Å². The Morgan fingerprint density at radius 3 is 2.39 bits per heavy atom. The van der Waals surface area contributed by atoms with Crippen molar-refractivity contribution in [1.29, 1.82) is 0 Å². The Labute approximate surface area is 111 Å². The summed E-state index contributed by atoms with van der Waals surface area (Å²) in [5.41, 5.74) is 0.688. The van der Waals surface area contributed by atoms with Crippen molar-refractivity contribution >= 4 is 34.2 Å². The first-order valence-corrected chi connectivity index (χ1v) is 5.78. The molecule has 3 nitrogen and oxygen atoms in total. The number of para-hydroxylation sites is 1. The van der Waals surface area contributed by atoms with Crippen LogP contribution in [-0.4, -0.2) is 9.97 Å². The van der Waals surface area contributed by atoms with Gasteiger partial charge < -0.3 is 4.42 Å². The second-order valence-electron chi connectivity index (χ2n) is 3.59. The normalized spacial score (nSPS) is 11.1. The van der Waals surface area contributed by atoms with Crippen molar-refractivity contribution in [3.63, 3.8) is 0 Å². The van der Waals surface area contributed by atoms with Gasteiger partial charge in [0.15, 0.2) is 27.7 Å². The van der Waals surface area contributed by atoms with Gasteiger partial charge in [-0.1, -0.05) is 41.4 Å². The minimum atomic E-state index is -0.835. The molecule has 90 valence electrons. The van der Waals surface area contributed by atoms with Crippen LogP contribution in [0.25, 0.3) is 22.6 Å². The highest BCUT2D eigenvalue weighted by Gasteiger charge is 2.15. The molecule has 0 aliphatic heterocycles. The molecule has 1 aromatic carbocycles. The fourth-order valence-electron chi connectivity index (χ4n) is 1.60. The van der Waals surface area contributed by atoms with Crippen molar-refractivity contribution in [2.45, 2.75) is 0 Å². The fraction of sp³-hybridized carbons (Fsp3) is 0. The summed E-state index contributed by atoms with van der Waals surface area (Å²) in [6.07, 6.45) is 0. The van der Waals surface area contributed by atoms with Crippen molar-refractivity contribution in [2.24, 2.45) is 0 Å². The molecular formula is C12H5Cl2FN2O. The third-order valence-corrected chi connectivity index (χ3v) is 2.92. The standard InChI is InChI=1S/C12H5Cl2FN2O/c13-10-9(15)11(14)17-12(16-10)8-5-6-3-1-2-4-7(6)18-8/h1-5H. The van der Waals surface area contributed by atoms with Gasteiger partial charge in [-0.25, -0.2) is 14.4 Å². The van der Waals surface area contributed by atoms with E-state index < -0.39 is 5.82 Å². The first-order valence-electron chi connectivity index (χ1n) is 5.02. The monoisotopic (exact) mass is 282 g/mol. The molecule has 0 fully saturated rings. The Morgan fingerprint density at radius 1 is 1.06 bits per heavy atom. The summed E-state index contributed by atoms with van der Waals surface area (Å²) in [6, 6.07) is 9.17. The number of furan rings is 1. The maximum Gasteiger partial charge on any atom is 0.198 e. The molecule has 0 atom stereocenters. The van der Waals surface area contributed by atoms with Gasteiger partial charge in [0.1, 0.15) is 5.58 Å². The lowest BCUT2D eigenvalue weighted by Gasteiger charge is -1.99. The van der Waals surface area contributed by atoms with E-state index in [9.17, 15) is 4.39 Å². The van der Waals surface area contributed by atoms with Crippen LogP contribution in [0, 0.1) is 5.82 Å². The van der Waals surface area contributed by atoms with Gasteiger partial charge >= 0.3 is 0 Å². The minimum absolute atomic E-state index is 0.155. The fourth-order valence-corrected chi connectivity index (χ4v) is 1.98. The molecule has 3 aromatic rings. The molecule has 2 heterocycles. The molecule has 0 bridgehead atoms. The zero-order chi connectivity index (χ0) is 12.7. The summed E-state index contributed by atoms with van der Waals surface area (Å²) in [5, 5.41) is 0.239. The average Bonchev–Trinajstić information content (AvgIpc) is 2.79. The van der Waals surface area contributed by atoms with Crippen molar-refractivity contribution in [2.75, 3.05) is 0 Å². The number of rotatable bonds is 1. The molecular weight excluding hydrogens is 278 g/mol. The molecule has 0 amide bonds. The molecule has 6 heteroatoms. The first kappa shape index (κ1) is 11.4. The molecule has 0 saturated carbocycles. The quantitative estimate of drug-likeness (QED) is 0.624. The van der Waals surface area contributed by atoms with Crippen molar-refractivity contribution < 1.29 is 8.81 Å². The number of hydrogen-bond donors (Lipinski definition) is 0. The summed E-state index contributed by atoms with van der Waals surface area (Å²) < 4.78 is 18.8. The predicted molar refractivity (Wildman–Crippen MR) is 67.2 cm³/mol. The topological polar surface area (TPSA) is 38.9 Å². The van der Waals surface area contributed by atoms with Gasteiger partial charge in [-0.05, 0) is 12.1 Å². The molecule has 0 unspecified atom stereocenters. The van der Waals surface area contributed by atoms with E-state index in [1.807, 2.05) is 24.3 Å². The zero-order valence-corrected chi connectivity index (χ0v) is 10.3. The number of aromatic nitrogens is 2. The maximum atomic E-state index is 13.2. The highest BCUT2D eigenvalue weighted by Crippen LogP contribution is 2.28. The van der Waals surface area contributed by atoms with Crippen LogP contribution in [0.2, 0.25) is 10.3 Å². The van der Waals surface area contributed by atoms with Gasteiger partial charge in [-0.15, -0.1) is 0 Å². The van der Waals surface area contributed by atoms with Crippen LogP contribution in [0.15, 0.2) is 34.7 Å². The Bertz CT molecular complexity index is 686. The van der Waals surface area contributed by atoms with Crippen LogP contribution in [0.1, 0.15) is 0 Å². The number of fused-ring (bicyclic) bond motifs is 1. The minimum Gasteiger partial charge on any atom is -0.453 e. The highest BCUT2D eigenvalue weighted by atomic mass is 35.5. The van der Waals surface area contributed by atoms with E-state index in [2.05, 4.69) is 9.97 Å². The Balaban J connectivity index is 2.20. The lowest BCUT2D eigenvalue weighted by atomic mass is 10.2. The Morgan fingerprint density at radius 2 is 1.72 bits per heavy atom. The van der Waals surface area contributed by atoms with E-state index in [1.54, 1.807) is 6.07 Å². The van der Waals surface area contributed by atoms with Crippen molar-refractivity contribution in [1.82, 2.24) is 9.97 Å². The number of benzene rings is 1. The second-order valence-corrected chi connectivity index (χ2v) is 4.31. The second kappa shape index (κ2) is 4.23. The van der Waals surface area contributed by atoms with Gasteiger partial charge in [-0.3, -0.25) is 0 Å². The molecule has 0 aliphatic rings. The lowest BCUT2D eigenvalue weighted by Crippen LogP contribution is -1.93. The molecule has 0 aliphatic carbocycles. The molecule has 2 aromatic heterocycles. The van der Waals surface area contributed by atoms with E-state index in [0.29, 0.717) is 11.3 Å². The van der Waals surface area contributed by atoms with Crippen LogP contribution < -0.4 is 0 Å². The smallest absolute Gasteiger partial charge is 0.198 e. The molecule has 0 saturated heterocycles. The summed E-state index contributed by atoms with van der Waals surface area (Å²) in [4.78, 5) is 7.60. The summed E-state index contributed by atoms with van der Waals surface area (Å²) >= 11 is 11.2. The summed E-state index contributed by atoms with van der Waals surface area (Å²) in [5.74, 6) is -0.291. The Hall–Kier alpha value is -1.65. The van der Waals surface area contributed by atoms with Gasteiger partial charge in [0.05, 0.1) is 0 Å². The zero-order valence-electron chi connectivity index (χ0n) is 8.82. The maximum absolute atomic E-state index is 13.2. The molecule has 0 N–H and O–H groups in total. The van der Waals surface area contributed by atoms with Gasteiger partial charge in [0, 0.05) is 5.39 Å². The predicted octanol–water partition coefficient (Wildman–Crippen LogP) is 4.34. The van der Waals surface area contributed by atoms with E-state index in [4.69, 9.17) is 27.6 Å². The van der Waals surface area contributed by atoms with Gasteiger partial charge in [0.25, 0.3) is 0 Å². The average molecular weight is 283 g/mol. The van der Waals surface area contributed by atoms with Crippen molar-refractivity contribution in [3.05, 3.63) is 46.5 Å². The van der Waals surface area contributed by atoms with Crippen molar-refractivity contribution in [3.8, 4) is 11.6 Å². The lowest BCUT2D eigenvalue weighted by molar-refractivity contribution is 0.605. The highest BCUT2D eigenvalue weighted by molar-refractivity contribution is 6.33. The molecule has 3 rings (SSSR count). The Kier molecular flexibility index (Phi) is 2.69. The number of halogens is 3. The summed E-state index contributed by atoms with van der Waals surface area (Å²) in [6.45, 7) is 0. The number of nitrogens with zero attached hydrogens (tertiary/aromatic N) is 2. The van der Waals surface area contributed by atoms with Crippen LogP contribution >= 0.6 is 23.2 Å². The SMILES string of the molecule is Fc1c(Cl)nc(-c2cc3ccccc3o2)nc1Cl. The van der Waals surface area contributed by atoms with Crippen LogP contribution in [0.5, 0.6) is 0 Å². The largest absolute Gasteiger partial charge is 0.453 e. The van der Waals surface area contributed by atoms with E-state index in [-0.39, 0.29) is 16.1 Å². The molecule has 0 radical (unpaired) electrons. The van der Waals surface area contributed by atoms with Crippen LogP contribution in [0.3, 0.4) is 0 Å². The third-order valence-electron chi connectivity index (χ3n) is 2.42. The first-order chi connectivity index (χ1) is 8.65.